The van der Waals surface area contributed by atoms with Gasteiger partial charge in [-0.05, 0) is 57.3 Å². The smallest absolute Gasteiger partial charge is 0.398 e. The molecule has 0 bridgehead atoms. The molecule has 0 radical (unpaired) electrons. The summed E-state index contributed by atoms with van der Waals surface area (Å²) in [5.74, 6) is 0. The summed E-state index contributed by atoms with van der Waals surface area (Å²) in [5, 5.41) is 0. The minimum Gasteiger partial charge on any atom is -0.398 e. The van der Waals surface area contributed by atoms with Crippen LogP contribution in [0, 0.1) is 7.14 Å². The van der Waals surface area contributed by atoms with Crippen LogP contribution in [-0.2, 0) is 6.18 Å². The third-order valence-corrected chi connectivity index (χ3v) is 3.22. The van der Waals surface area contributed by atoms with Crippen molar-refractivity contribution in [3.05, 3.63) is 24.8 Å². The van der Waals surface area contributed by atoms with E-state index in [1.807, 2.05) is 22.6 Å². The maximum Gasteiger partial charge on any atom is 0.417 e. The molecule has 1 rings (SSSR count). The third kappa shape index (κ3) is 2.61. The third-order valence-electron chi connectivity index (χ3n) is 1.39. The highest BCUT2D eigenvalue weighted by Crippen LogP contribution is 2.35. The Hall–Kier alpha value is 0.270. The highest BCUT2D eigenvalue weighted by molar-refractivity contribution is 14.1. The van der Waals surface area contributed by atoms with E-state index in [2.05, 4.69) is 0 Å². The zero-order valence-electron chi connectivity index (χ0n) is 6.12. The number of benzene rings is 1. The molecule has 0 amide bonds. The number of nitrogen functional groups attached to an aromatic ring is 1. The van der Waals surface area contributed by atoms with Gasteiger partial charge in [-0.2, -0.15) is 13.2 Å². The van der Waals surface area contributed by atoms with Crippen molar-refractivity contribution in [3.8, 4) is 0 Å². The molecule has 0 heterocycles. The summed E-state index contributed by atoms with van der Waals surface area (Å²) < 4.78 is 37.7. The topological polar surface area (TPSA) is 26.0 Å². The number of hydrogen-bond acceptors (Lipinski definition) is 1. The van der Waals surface area contributed by atoms with Crippen LogP contribution in [0.25, 0.3) is 0 Å². The Morgan fingerprint density at radius 2 is 1.62 bits per heavy atom. The molecule has 0 aliphatic heterocycles. The lowest BCUT2D eigenvalue weighted by Gasteiger charge is -2.10. The van der Waals surface area contributed by atoms with E-state index in [1.165, 1.54) is 6.07 Å². The number of hydrogen-bond donors (Lipinski definition) is 1. The molecule has 0 aromatic heterocycles. The number of rotatable bonds is 0. The molecule has 6 heteroatoms. The lowest BCUT2D eigenvalue weighted by Crippen LogP contribution is -2.09. The van der Waals surface area contributed by atoms with Gasteiger partial charge in [0.2, 0.25) is 0 Å². The fourth-order valence-corrected chi connectivity index (χ4v) is 2.62. The molecule has 0 spiro atoms. The summed E-state index contributed by atoms with van der Waals surface area (Å²) in [6, 6.07) is 2.38. The Morgan fingerprint density at radius 3 is 2.08 bits per heavy atom. The van der Waals surface area contributed by atoms with Gasteiger partial charge in [0.1, 0.15) is 0 Å². The Balaban J connectivity index is 3.32. The maximum absolute atomic E-state index is 12.3. The van der Waals surface area contributed by atoms with E-state index >= 15 is 0 Å². The molecule has 1 aromatic rings. The minimum atomic E-state index is -4.32. The van der Waals surface area contributed by atoms with E-state index in [4.69, 9.17) is 5.73 Å². The number of halogens is 5. The minimum absolute atomic E-state index is 0.161. The molecule has 0 fully saturated rings. The van der Waals surface area contributed by atoms with Crippen LogP contribution >= 0.6 is 45.2 Å². The lowest BCUT2D eigenvalue weighted by atomic mass is 10.2. The van der Waals surface area contributed by atoms with E-state index in [-0.39, 0.29) is 9.26 Å². The van der Waals surface area contributed by atoms with Crippen molar-refractivity contribution in [1.82, 2.24) is 0 Å². The molecule has 0 aliphatic rings. The van der Waals surface area contributed by atoms with Crippen LogP contribution in [0.15, 0.2) is 12.1 Å². The van der Waals surface area contributed by atoms with Gasteiger partial charge in [0.15, 0.2) is 0 Å². The molecule has 72 valence electrons. The van der Waals surface area contributed by atoms with Crippen LogP contribution in [0.5, 0.6) is 0 Å². The molecule has 1 nitrogen and oxygen atoms in total. The largest absolute Gasteiger partial charge is 0.417 e. The first kappa shape index (κ1) is 11.3. The fourth-order valence-electron chi connectivity index (χ4n) is 0.783. The van der Waals surface area contributed by atoms with Crippen LogP contribution in [0.3, 0.4) is 0 Å². The van der Waals surface area contributed by atoms with Crippen LogP contribution in [0.1, 0.15) is 5.56 Å². The molecular weight excluding hydrogens is 409 g/mol. The highest BCUT2D eigenvalue weighted by atomic mass is 127. The molecule has 2 N–H and O–H groups in total. The predicted molar refractivity (Wildman–Crippen MR) is 61.3 cm³/mol. The Morgan fingerprint density at radius 1 is 1.08 bits per heavy atom. The van der Waals surface area contributed by atoms with Crippen LogP contribution in [0.4, 0.5) is 18.9 Å². The van der Waals surface area contributed by atoms with Gasteiger partial charge in [-0.3, -0.25) is 0 Å². The Labute approximate surface area is 100 Å². The molecule has 0 atom stereocenters. The van der Waals surface area contributed by atoms with E-state index < -0.39 is 11.7 Å². The van der Waals surface area contributed by atoms with Crippen molar-refractivity contribution in [1.29, 1.82) is 0 Å². The van der Waals surface area contributed by atoms with E-state index in [0.29, 0.717) is 3.57 Å². The number of alkyl halides is 3. The van der Waals surface area contributed by atoms with Gasteiger partial charge < -0.3 is 5.73 Å². The summed E-state index contributed by atoms with van der Waals surface area (Å²) in [4.78, 5) is 0. The standard InChI is InChI=1S/C7H4F3I2N/c8-7(9,10)3-1-6(13)5(12)2-4(3)11/h1-2H,13H2. The summed E-state index contributed by atoms with van der Waals surface area (Å²) >= 11 is 3.55. The van der Waals surface area contributed by atoms with Gasteiger partial charge >= 0.3 is 6.18 Å². The zero-order chi connectivity index (χ0) is 10.2. The van der Waals surface area contributed by atoms with Crippen molar-refractivity contribution >= 4 is 50.9 Å². The first-order valence-corrected chi connectivity index (χ1v) is 5.30. The monoisotopic (exact) mass is 413 g/mol. The summed E-state index contributed by atoms with van der Waals surface area (Å²) in [5.41, 5.74) is 4.86. The Kier molecular flexibility index (Phi) is 3.31. The lowest BCUT2D eigenvalue weighted by molar-refractivity contribution is -0.138. The molecule has 13 heavy (non-hydrogen) atoms. The maximum atomic E-state index is 12.3. The van der Waals surface area contributed by atoms with Gasteiger partial charge in [-0.25, -0.2) is 0 Å². The first-order chi connectivity index (χ1) is 5.82. The van der Waals surface area contributed by atoms with Crippen molar-refractivity contribution in [3.63, 3.8) is 0 Å². The average Bonchev–Trinajstić information content (AvgIpc) is 1.94. The molecule has 0 unspecified atom stereocenters. The van der Waals surface area contributed by atoms with Crippen LogP contribution < -0.4 is 5.73 Å². The van der Waals surface area contributed by atoms with E-state index in [1.54, 1.807) is 22.6 Å². The average molecular weight is 413 g/mol. The molecule has 0 aliphatic carbocycles. The molecular formula is C7H4F3I2N. The summed E-state index contributed by atoms with van der Waals surface area (Å²) in [6.07, 6.45) is -4.32. The number of anilines is 1. The molecule has 0 saturated heterocycles. The van der Waals surface area contributed by atoms with Crippen LogP contribution in [0.2, 0.25) is 0 Å². The second-order valence-electron chi connectivity index (χ2n) is 2.35. The normalized spacial score (nSPS) is 11.8. The SMILES string of the molecule is Nc1cc(C(F)(F)F)c(I)cc1I. The zero-order valence-corrected chi connectivity index (χ0v) is 10.4. The van der Waals surface area contributed by atoms with Gasteiger partial charge in [0, 0.05) is 12.8 Å². The predicted octanol–water partition coefficient (Wildman–Crippen LogP) is 3.50. The first-order valence-electron chi connectivity index (χ1n) is 3.14. The fraction of sp³-hybridized carbons (Fsp3) is 0.143. The van der Waals surface area contributed by atoms with Gasteiger partial charge in [-0.1, -0.05) is 0 Å². The van der Waals surface area contributed by atoms with Crippen molar-refractivity contribution < 1.29 is 13.2 Å². The summed E-state index contributed by atoms with van der Waals surface area (Å²) in [7, 11) is 0. The molecule has 1 aromatic carbocycles. The van der Waals surface area contributed by atoms with Gasteiger partial charge in [-0.15, -0.1) is 0 Å². The van der Waals surface area contributed by atoms with Gasteiger partial charge in [0.25, 0.3) is 0 Å². The molecule has 0 saturated carbocycles. The van der Waals surface area contributed by atoms with Gasteiger partial charge in [0.05, 0.1) is 5.56 Å². The van der Waals surface area contributed by atoms with Crippen molar-refractivity contribution in [2.24, 2.45) is 0 Å². The Bertz CT molecular complexity index is 335. The van der Waals surface area contributed by atoms with E-state index in [0.717, 1.165) is 6.07 Å². The van der Waals surface area contributed by atoms with Crippen molar-refractivity contribution in [2.75, 3.05) is 5.73 Å². The second kappa shape index (κ2) is 3.79. The van der Waals surface area contributed by atoms with Crippen LogP contribution in [-0.4, -0.2) is 0 Å². The number of nitrogens with two attached hydrogens (primary N) is 1. The summed E-state index contributed by atoms with van der Waals surface area (Å²) in [6.45, 7) is 0. The van der Waals surface area contributed by atoms with Crippen molar-refractivity contribution in [2.45, 2.75) is 6.18 Å². The second-order valence-corrected chi connectivity index (χ2v) is 4.68. The van der Waals surface area contributed by atoms with E-state index in [9.17, 15) is 13.2 Å². The quantitative estimate of drug-likeness (QED) is 0.512. The highest BCUT2D eigenvalue weighted by Gasteiger charge is 2.33.